The highest BCUT2D eigenvalue weighted by Gasteiger charge is 2.14. The molecule has 22 heavy (non-hydrogen) atoms. The maximum absolute atomic E-state index is 11.8. The quantitative estimate of drug-likeness (QED) is 0.275. The number of nitrogens with one attached hydrogen (secondary N) is 1. The van der Waals surface area contributed by atoms with Crippen LogP contribution in [0.1, 0.15) is 51.4 Å². The first-order chi connectivity index (χ1) is 10.6. The smallest absolute Gasteiger partial charge is 0.292 e. The maximum Gasteiger partial charge on any atom is 0.292 e. The lowest BCUT2D eigenvalue weighted by molar-refractivity contribution is -0.383. The Morgan fingerprint density at radius 3 is 2.45 bits per heavy atom. The van der Waals surface area contributed by atoms with Gasteiger partial charge < -0.3 is 5.32 Å². The number of anilines is 1. The Kier molecular flexibility index (Phi) is 8.57. The molecule has 120 valence electrons. The molecule has 0 aliphatic carbocycles. The highest BCUT2D eigenvalue weighted by molar-refractivity contribution is 5.92. The van der Waals surface area contributed by atoms with Crippen molar-refractivity contribution in [1.29, 1.82) is 0 Å². The van der Waals surface area contributed by atoms with Crippen molar-refractivity contribution in [2.75, 3.05) is 5.32 Å². The van der Waals surface area contributed by atoms with E-state index in [9.17, 15) is 14.9 Å². The third kappa shape index (κ3) is 7.02. The number of allylic oxidation sites excluding steroid dienone is 1. The molecule has 0 spiro atoms. The van der Waals surface area contributed by atoms with E-state index in [4.69, 9.17) is 0 Å². The molecule has 0 atom stereocenters. The molecule has 0 fully saturated rings. The Morgan fingerprint density at radius 2 is 1.77 bits per heavy atom. The minimum Gasteiger partial charge on any atom is -0.320 e. The molecule has 0 aromatic heterocycles. The molecular weight excluding hydrogens is 280 g/mol. The van der Waals surface area contributed by atoms with Crippen molar-refractivity contribution in [1.82, 2.24) is 0 Å². The van der Waals surface area contributed by atoms with Crippen molar-refractivity contribution in [3.05, 3.63) is 47.0 Å². The van der Waals surface area contributed by atoms with E-state index in [1.165, 1.54) is 25.3 Å². The Balaban J connectivity index is 2.21. The molecule has 0 saturated carbocycles. The first-order valence-corrected chi connectivity index (χ1v) is 7.79. The number of nitro benzene ring substituents is 1. The number of rotatable bonds is 11. The van der Waals surface area contributed by atoms with Crippen LogP contribution in [0.5, 0.6) is 0 Å². The third-order valence-corrected chi connectivity index (χ3v) is 3.44. The Morgan fingerprint density at radius 1 is 1.14 bits per heavy atom. The van der Waals surface area contributed by atoms with Gasteiger partial charge in [0, 0.05) is 12.5 Å². The summed E-state index contributed by atoms with van der Waals surface area (Å²) in [5, 5.41) is 13.5. The van der Waals surface area contributed by atoms with Crippen LogP contribution in [0.25, 0.3) is 0 Å². The molecule has 1 amide bonds. The van der Waals surface area contributed by atoms with Gasteiger partial charge in [-0.05, 0) is 25.3 Å². The first kappa shape index (κ1) is 17.9. The number of amides is 1. The number of carbonyl (C=O) groups is 1. The molecule has 0 bridgehead atoms. The predicted octanol–water partition coefficient (Wildman–Crippen LogP) is 4.84. The van der Waals surface area contributed by atoms with Gasteiger partial charge in [0.1, 0.15) is 5.69 Å². The number of hydrogen-bond acceptors (Lipinski definition) is 3. The van der Waals surface area contributed by atoms with Gasteiger partial charge in [-0.2, -0.15) is 0 Å². The van der Waals surface area contributed by atoms with Gasteiger partial charge in [0.15, 0.2) is 0 Å². The fourth-order valence-corrected chi connectivity index (χ4v) is 2.23. The van der Waals surface area contributed by atoms with Gasteiger partial charge in [0.2, 0.25) is 5.91 Å². The van der Waals surface area contributed by atoms with E-state index in [0.29, 0.717) is 6.42 Å². The van der Waals surface area contributed by atoms with Crippen LogP contribution in [-0.4, -0.2) is 10.8 Å². The summed E-state index contributed by atoms with van der Waals surface area (Å²) in [5.41, 5.74) is 0.194. The lowest BCUT2D eigenvalue weighted by Gasteiger charge is -2.06. The molecule has 0 radical (unpaired) electrons. The number of nitrogens with zero attached hydrogens (tertiary/aromatic N) is 1. The number of hydrogen-bond donors (Lipinski definition) is 1. The number of benzene rings is 1. The predicted molar refractivity (Wildman–Crippen MR) is 88.9 cm³/mol. The highest BCUT2D eigenvalue weighted by atomic mass is 16.6. The molecule has 0 heterocycles. The molecule has 5 nitrogen and oxygen atoms in total. The first-order valence-electron chi connectivity index (χ1n) is 7.79. The summed E-state index contributed by atoms with van der Waals surface area (Å²) in [4.78, 5) is 22.2. The van der Waals surface area contributed by atoms with E-state index >= 15 is 0 Å². The zero-order valence-electron chi connectivity index (χ0n) is 12.9. The normalized spacial score (nSPS) is 10.2. The maximum atomic E-state index is 11.8. The van der Waals surface area contributed by atoms with Crippen molar-refractivity contribution >= 4 is 17.3 Å². The van der Waals surface area contributed by atoms with Crippen molar-refractivity contribution in [3.8, 4) is 0 Å². The second kappa shape index (κ2) is 10.5. The second-order valence-electron chi connectivity index (χ2n) is 5.27. The zero-order valence-corrected chi connectivity index (χ0v) is 12.9. The van der Waals surface area contributed by atoms with Crippen LogP contribution in [0, 0.1) is 10.1 Å². The lowest BCUT2D eigenvalue weighted by atomic mass is 10.1. The van der Waals surface area contributed by atoms with E-state index in [1.807, 2.05) is 6.08 Å². The van der Waals surface area contributed by atoms with Gasteiger partial charge >= 0.3 is 0 Å². The standard InChI is InChI=1S/C17H24N2O3/c1-2-3-4-5-6-7-8-9-14-17(20)18-15-12-10-11-13-16(15)19(21)22/h2,10-13H,1,3-9,14H2,(H,18,20). The minimum atomic E-state index is -0.487. The van der Waals surface area contributed by atoms with Crippen LogP contribution in [0.15, 0.2) is 36.9 Å². The van der Waals surface area contributed by atoms with E-state index < -0.39 is 4.92 Å². The summed E-state index contributed by atoms with van der Waals surface area (Å²) in [5.74, 6) is -0.166. The van der Waals surface area contributed by atoms with Crippen molar-refractivity contribution in [2.45, 2.75) is 51.4 Å². The van der Waals surface area contributed by atoms with Crippen LogP contribution in [0.3, 0.4) is 0 Å². The topological polar surface area (TPSA) is 72.2 Å². The fraction of sp³-hybridized carbons (Fsp3) is 0.471. The molecule has 1 N–H and O–H groups in total. The molecule has 0 aliphatic heterocycles. The zero-order chi connectivity index (χ0) is 16.2. The van der Waals surface area contributed by atoms with Gasteiger partial charge in [0.25, 0.3) is 5.69 Å². The lowest BCUT2D eigenvalue weighted by Crippen LogP contribution is -2.12. The van der Waals surface area contributed by atoms with Crippen LogP contribution < -0.4 is 5.32 Å². The number of carbonyl (C=O) groups excluding carboxylic acids is 1. The van der Waals surface area contributed by atoms with Crippen LogP contribution in [0.2, 0.25) is 0 Å². The largest absolute Gasteiger partial charge is 0.320 e. The van der Waals surface area contributed by atoms with E-state index in [2.05, 4.69) is 11.9 Å². The van der Waals surface area contributed by atoms with Crippen LogP contribution in [-0.2, 0) is 4.79 Å². The van der Waals surface area contributed by atoms with Crippen molar-refractivity contribution in [3.63, 3.8) is 0 Å². The SMILES string of the molecule is C=CCCCCCCCCC(=O)Nc1ccccc1[N+](=O)[O-]. The average molecular weight is 304 g/mol. The van der Waals surface area contributed by atoms with Gasteiger partial charge in [0.05, 0.1) is 4.92 Å². The monoisotopic (exact) mass is 304 g/mol. The average Bonchev–Trinajstić information content (AvgIpc) is 2.50. The van der Waals surface area contributed by atoms with Gasteiger partial charge in [-0.15, -0.1) is 6.58 Å². The summed E-state index contributed by atoms with van der Waals surface area (Å²) in [6.07, 6.45) is 9.92. The van der Waals surface area contributed by atoms with Crippen LogP contribution in [0.4, 0.5) is 11.4 Å². The number of para-hydroxylation sites is 2. The third-order valence-electron chi connectivity index (χ3n) is 3.44. The summed E-state index contributed by atoms with van der Waals surface area (Å²) in [7, 11) is 0. The summed E-state index contributed by atoms with van der Waals surface area (Å²) < 4.78 is 0. The molecular formula is C17H24N2O3. The Bertz CT molecular complexity index is 500. The fourth-order valence-electron chi connectivity index (χ4n) is 2.23. The van der Waals surface area contributed by atoms with Crippen molar-refractivity contribution < 1.29 is 9.72 Å². The number of unbranched alkanes of at least 4 members (excludes halogenated alkanes) is 6. The Labute approximate surface area is 131 Å². The van der Waals surface area contributed by atoms with Gasteiger partial charge in [-0.25, -0.2) is 0 Å². The summed E-state index contributed by atoms with van der Waals surface area (Å²) in [6.45, 7) is 3.69. The van der Waals surface area contributed by atoms with Crippen LogP contribution >= 0.6 is 0 Å². The minimum absolute atomic E-state index is 0.0712. The van der Waals surface area contributed by atoms with Crippen molar-refractivity contribution in [2.24, 2.45) is 0 Å². The molecule has 0 aliphatic rings. The molecule has 1 aromatic carbocycles. The molecule has 1 aromatic rings. The second-order valence-corrected chi connectivity index (χ2v) is 5.27. The summed E-state index contributed by atoms with van der Waals surface area (Å²) >= 11 is 0. The summed E-state index contributed by atoms with van der Waals surface area (Å²) in [6, 6.07) is 6.19. The molecule has 5 heteroatoms. The Hall–Kier alpha value is -2.17. The van der Waals surface area contributed by atoms with E-state index in [0.717, 1.165) is 25.7 Å². The molecule has 0 saturated heterocycles. The van der Waals surface area contributed by atoms with Gasteiger partial charge in [-0.3, -0.25) is 14.9 Å². The molecule has 1 rings (SSSR count). The van der Waals surface area contributed by atoms with Gasteiger partial charge in [-0.1, -0.05) is 43.9 Å². The van der Waals surface area contributed by atoms with E-state index in [-0.39, 0.29) is 17.3 Å². The molecule has 0 unspecified atom stereocenters. The van der Waals surface area contributed by atoms with E-state index in [1.54, 1.807) is 18.2 Å². The highest BCUT2D eigenvalue weighted by Crippen LogP contribution is 2.23. The number of nitro groups is 1.